The molecule has 0 fully saturated rings. The lowest BCUT2D eigenvalue weighted by molar-refractivity contribution is -0.141. The summed E-state index contributed by atoms with van der Waals surface area (Å²) in [5.74, 6) is -0.441. The molecule has 3 aromatic carbocycles. The van der Waals surface area contributed by atoms with E-state index in [0.29, 0.717) is 18.5 Å². The van der Waals surface area contributed by atoms with E-state index in [2.05, 4.69) is 5.32 Å². The van der Waals surface area contributed by atoms with Crippen LogP contribution in [0.4, 0.5) is 5.69 Å². The minimum absolute atomic E-state index is 0.102. The third-order valence-electron chi connectivity index (χ3n) is 6.95. The van der Waals surface area contributed by atoms with Crippen LogP contribution in [0, 0.1) is 20.8 Å². The van der Waals surface area contributed by atoms with Gasteiger partial charge in [-0.1, -0.05) is 72.3 Å². The molecule has 1 atom stereocenters. The highest BCUT2D eigenvalue weighted by molar-refractivity contribution is 7.92. The lowest BCUT2D eigenvalue weighted by Crippen LogP contribution is -2.49. The number of likely N-dealkylation sites (N-methyl/N-ethyl adjacent to an activating group) is 1. The smallest absolute Gasteiger partial charge is 0.242 e. The first-order valence-corrected chi connectivity index (χ1v) is 15.0. The van der Waals surface area contributed by atoms with Crippen molar-refractivity contribution >= 4 is 27.5 Å². The predicted octanol–water partition coefficient (Wildman–Crippen LogP) is 4.54. The molecule has 0 saturated heterocycles. The van der Waals surface area contributed by atoms with Crippen LogP contribution in [-0.2, 0) is 32.6 Å². The Bertz CT molecular complexity index is 1390. The van der Waals surface area contributed by atoms with Gasteiger partial charge < -0.3 is 10.2 Å². The van der Waals surface area contributed by atoms with Crippen molar-refractivity contribution in [2.24, 2.45) is 0 Å². The Balaban J connectivity index is 1.86. The monoisotopic (exact) mass is 549 g/mol. The van der Waals surface area contributed by atoms with Gasteiger partial charge in [0.1, 0.15) is 6.04 Å². The number of nitrogens with zero attached hydrogens (tertiary/aromatic N) is 2. The first-order valence-electron chi connectivity index (χ1n) is 13.2. The van der Waals surface area contributed by atoms with Gasteiger partial charge in [-0.2, -0.15) is 0 Å². The molecule has 0 heterocycles. The Morgan fingerprint density at radius 1 is 0.897 bits per heavy atom. The molecule has 0 radical (unpaired) electrons. The van der Waals surface area contributed by atoms with E-state index in [1.54, 1.807) is 18.0 Å². The van der Waals surface area contributed by atoms with Crippen molar-refractivity contribution in [1.29, 1.82) is 0 Å². The molecule has 1 unspecified atom stereocenters. The van der Waals surface area contributed by atoms with Crippen molar-refractivity contribution in [2.45, 2.75) is 52.6 Å². The number of hydrogen-bond donors (Lipinski definition) is 1. The number of amides is 2. The summed E-state index contributed by atoms with van der Waals surface area (Å²) in [5, 5.41) is 2.72. The van der Waals surface area contributed by atoms with Gasteiger partial charge in [-0.05, 0) is 55.5 Å². The lowest BCUT2D eigenvalue weighted by atomic mass is 10.0. The normalized spacial score (nSPS) is 12.0. The molecule has 0 bridgehead atoms. The fraction of sp³-hybridized carbons (Fsp3) is 0.355. The molecule has 0 aliphatic rings. The van der Waals surface area contributed by atoms with E-state index in [1.165, 1.54) is 10.6 Å². The zero-order valence-electron chi connectivity index (χ0n) is 23.5. The van der Waals surface area contributed by atoms with Gasteiger partial charge in [0.15, 0.2) is 0 Å². The second kappa shape index (κ2) is 13.4. The molecule has 0 aliphatic carbocycles. The van der Waals surface area contributed by atoms with E-state index in [4.69, 9.17) is 0 Å². The first kappa shape index (κ1) is 29.9. The van der Waals surface area contributed by atoms with Gasteiger partial charge in [0, 0.05) is 33.0 Å². The third kappa shape index (κ3) is 8.17. The number of rotatable bonds is 12. The summed E-state index contributed by atoms with van der Waals surface area (Å²) in [6.07, 6.45) is 1.97. The summed E-state index contributed by atoms with van der Waals surface area (Å²) in [5.41, 5.74) is 5.45. The summed E-state index contributed by atoms with van der Waals surface area (Å²) >= 11 is 0. The van der Waals surface area contributed by atoms with Crippen LogP contribution in [0.2, 0.25) is 0 Å². The van der Waals surface area contributed by atoms with Gasteiger partial charge in [0.25, 0.3) is 0 Å². The summed E-state index contributed by atoms with van der Waals surface area (Å²) in [4.78, 5) is 28.5. The number of nitrogens with one attached hydrogen (secondary N) is 1. The Hall–Kier alpha value is -3.65. The van der Waals surface area contributed by atoms with Crippen LogP contribution < -0.4 is 9.62 Å². The van der Waals surface area contributed by atoms with Gasteiger partial charge in [0.05, 0.1) is 11.9 Å². The number of hydrogen-bond acceptors (Lipinski definition) is 4. The van der Waals surface area contributed by atoms with Gasteiger partial charge in [-0.15, -0.1) is 0 Å². The van der Waals surface area contributed by atoms with Gasteiger partial charge in [-0.3, -0.25) is 13.9 Å². The standard InChI is InChI=1S/C31H39N3O4S/c1-23-12-9-16-27(20-23)22-33(29(31(36)32-4)21-26-14-7-6-8-15-26)30(35)18-11-19-34(39(5,37)38)28-17-10-13-24(2)25(28)3/h6-10,12-17,20,29H,11,18-19,21-22H2,1-5H3,(H,32,36). The van der Waals surface area contributed by atoms with Crippen molar-refractivity contribution in [3.8, 4) is 0 Å². The van der Waals surface area contributed by atoms with E-state index in [1.807, 2.05) is 87.5 Å². The number of aryl methyl sites for hydroxylation is 2. The van der Waals surface area contributed by atoms with E-state index in [-0.39, 0.29) is 31.3 Å². The SMILES string of the molecule is CNC(=O)C(Cc1ccccc1)N(Cc1cccc(C)c1)C(=O)CCCN(c1cccc(C)c1C)S(C)(=O)=O. The number of carbonyl (C=O) groups is 2. The van der Waals surface area contributed by atoms with Crippen LogP contribution in [-0.4, -0.2) is 51.0 Å². The van der Waals surface area contributed by atoms with E-state index in [9.17, 15) is 18.0 Å². The molecular formula is C31H39N3O4S. The average molecular weight is 550 g/mol. The molecule has 3 aromatic rings. The van der Waals surface area contributed by atoms with Crippen molar-refractivity contribution < 1.29 is 18.0 Å². The minimum atomic E-state index is -3.56. The van der Waals surface area contributed by atoms with Gasteiger partial charge in [-0.25, -0.2) is 8.42 Å². The van der Waals surface area contributed by atoms with E-state index < -0.39 is 16.1 Å². The third-order valence-corrected chi connectivity index (χ3v) is 8.13. The number of carbonyl (C=O) groups excluding carboxylic acids is 2. The molecule has 0 aliphatic heterocycles. The zero-order chi connectivity index (χ0) is 28.6. The molecule has 8 heteroatoms. The first-order chi connectivity index (χ1) is 18.5. The average Bonchev–Trinajstić information content (AvgIpc) is 2.90. The van der Waals surface area contributed by atoms with Crippen LogP contribution in [0.25, 0.3) is 0 Å². The predicted molar refractivity (Wildman–Crippen MR) is 157 cm³/mol. The minimum Gasteiger partial charge on any atom is -0.357 e. The Morgan fingerprint density at radius 3 is 2.21 bits per heavy atom. The fourth-order valence-corrected chi connectivity index (χ4v) is 5.73. The molecule has 0 saturated carbocycles. The second-order valence-electron chi connectivity index (χ2n) is 9.99. The van der Waals surface area contributed by atoms with Crippen molar-refractivity contribution in [3.63, 3.8) is 0 Å². The Kier molecular flexibility index (Phi) is 10.3. The highest BCUT2D eigenvalue weighted by atomic mass is 32.2. The van der Waals surface area contributed by atoms with Crippen LogP contribution >= 0.6 is 0 Å². The number of benzene rings is 3. The van der Waals surface area contributed by atoms with Crippen molar-refractivity contribution in [3.05, 3.63) is 101 Å². The highest BCUT2D eigenvalue weighted by Crippen LogP contribution is 2.26. The van der Waals surface area contributed by atoms with Crippen molar-refractivity contribution in [2.75, 3.05) is 24.2 Å². The Morgan fingerprint density at radius 2 is 1.56 bits per heavy atom. The van der Waals surface area contributed by atoms with Crippen molar-refractivity contribution in [1.82, 2.24) is 10.2 Å². The molecule has 208 valence electrons. The zero-order valence-corrected chi connectivity index (χ0v) is 24.3. The maximum atomic E-state index is 13.8. The molecule has 3 rings (SSSR count). The molecule has 0 spiro atoms. The Labute approximate surface area is 232 Å². The molecule has 2 amide bonds. The second-order valence-corrected chi connectivity index (χ2v) is 11.9. The summed E-state index contributed by atoms with van der Waals surface area (Å²) in [6, 6.07) is 22.4. The van der Waals surface area contributed by atoms with Crippen LogP contribution in [0.5, 0.6) is 0 Å². The molecular weight excluding hydrogens is 510 g/mol. The largest absolute Gasteiger partial charge is 0.357 e. The van der Waals surface area contributed by atoms with Gasteiger partial charge in [0.2, 0.25) is 21.8 Å². The summed E-state index contributed by atoms with van der Waals surface area (Å²) in [7, 11) is -1.99. The lowest BCUT2D eigenvalue weighted by Gasteiger charge is -2.32. The maximum Gasteiger partial charge on any atom is 0.242 e. The quantitative estimate of drug-likeness (QED) is 0.359. The highest BCUT2D eigenvalue weighted by Gasteiger charge is 2.30. The van der Waals surface area contributed by atoms with Crippen LogP contribution in [0.15, 0.2) is 72.8 Å². The van der Waals surface area contributed by atoms with Gasteiger partial charge >= 0.3 is 0 Å². The maximum absolute atomic E-state index is 13.8. The van der Waals surface area contributed by atoms with Crippen LogP contribution in [0.1, 0.15) is 40.7 Å². The molecule has 39 heavy (non-hydrogen) atoms. The van der Waals surface area contributed by atoms with E-state index >= 15 is 0 Å². The topological polar surface area (TPSA) is 86.8 Å². The molecule has 7 nitrogen and oxygen atoms in total. The number of anilines is 1. The molecule has 0 aromatic heterocycles. The van der Waals surface area contributed by atoms with Crippen LogP contribution in [0.3, 0.4) is 0 Å². The molecule has 1 N–H and O–H groups in total. The fourth-order valence-electron chi connectivity index (χ4n) is 4.72. The summed E-state index contributed by atoms with van der Waals surface area (Å²) in [6.45, 7) is 6.27. The van der Waals surface area contributed by atoms with E-state index in [0.717, 1.165) is 27.8 Å². The summed E-state index contributed by atoms with van der Waals surface area (Å²) < 4.78 is 26.8. The number of sulfonamides is 1.